The zero-order valence-electron chi connectivity index (χ0n) is 41.1. The number of unbranched alkanes of at least 4 members (excludes halogenated alkanes) is 39. The lowest BCUT2D eigenvalue weighted by atomic mass is 10.0. The third-order valence-electron chi connectivity index (χ3n) is 12.2. The van der Waals surface area contributed by atoms with Crippen molar-refractivity contribution in [2.24, 2.45) is 5.73 Å². The Morgan fingerprint density at radius 1 is 0.419 bits per heavy atom. The molecule has 0 amide bonds. The number of carbonyl (C=O) groups excluding carboxylic acids is 2. The molecule has 2 atom stereocenters. The van der Waals surface area contributed by atoms with Crippen molar-refractivity contribution in [3.8, 4) is 0 Å². The number of hydrogen-bond acceptors (Lipinski definition) is 8. The number of phosphoric acid groups is 1. The molecule has 0 aliphatic carbocycles. The normalized spacial score (nSPS) is 13.0. The van der Waals surface area contributed by atoms with Crippen molar-refractivity contribution in [2.75, 3.05) is 26.4 Å². The number of carbonyl (C=O) groups is 2. The summed E-state index contributed by atoms with van der Waals surface area (Å²) in [5.74, 6) is -0.810. The predicted octanol–water partition coefficient (Wildman–Crippen LogP) is 16.3. The minimum absolute atomic E-state index is 0.0582. The predicted molar refractivity (Wildman–Crippen MR) is 262 cm³/mol. The standard InChI is InChI=1S/C52H104NO8P/c1-3-5-7-9-11-13-15-16-17-18-19-20-21-22-23-24-25-26-27-28-29-30-31-32-33-35-37-39-41-43-45-52(55)61-50(49-60-62(56,57)59-47-46-53)48-58-51(54)44-42-40-38-36-34-14-12-10-8-6-4-2/h50H,3-49,53H2,1-2H3,(H,56,57). The number of phosphoric ester groups is 1. The highest BCUT2D eigenvalue weighted by molar-refractivity contribution is 7.47. The van der Waals surface area contributed by atoms with Gasteiger partial charge in [0.25, 0.3) is 0 Å². The highest BCUT2D eigenvalue weighted by atomic mass is 31.2. The molecule has 9 nitrogen and oxygen atoms in total. The van der Waals surface area contributed by atoms with E-state index in [1.807, 2.05) is 0 Å². The Morgan fingerprint density at radius 3 is 0.984 bits per heavy atom. The maximum absolute atomic E-state index is 12.6. The van der Waals surface area contributed by atoms with Crippen molar-refractivity contribution in [1.29, 1.82) is 0 Å². The van der Waals surface area contributed by atoms with E-state index in [0.717, 1.165) is 32.1 Å². The van der Waals surface area contributed by atoms with Crippen molar-refractivity contribution < 1.29 is 37.6 Å². The van der Waals surface area contributed by atoms with Gasteiger partial charge in [0.05, 0.1) is 13.2 Å². The minimum atomic E-state index is -4.37. The molecule has 0 aromatic rings. The molecular formula is C52H104NO8P. The summed E-state index contributed by atoms with van der Waals surface area (Å²) in [5.41, 5.74) is 5.36. The molecule has 0 saturated heterocycles. The Bertz CT molecular complexity index is 984. The molecule has 0 saturated carbocycles. The van der Waals surface area contributed by atoms with E-state index in [9.17, 15) is 19.0 Å². The van der Waals surface area contributed by atoms with Gasteiger partial charge in [-0.3, -0.25) is 18.6 Å². The van der Waals surface area contributed by atoms with Crippen molar-refractivity contribution in [1.82, 2.24) is 0 Å². The van der Waals surface area contributed by atoms with Gasteiger partial charge in [0.1, 0.15) is 6.61 Å². The number of rotatable bonds is 52. The quantitative estimate of drug-likeness (QED) is 0.0347. The molecule has 2 unspecified atom stereocenters. The number of hydrogen-bond donors (Lipinski definition) is 2. The van der Waals surface area contributed by atoms with E-state index in [2.05, 4.69) is 13.8 Å². The molecule has 0 spiro atoms. The van der Waals surface area contributed by atoms with Crippen molar-refractivity contribution in [3.63, 3.8) is 0 Å². The molecule has 0 rings (SSSR count). The van der Waals surface area contributed by atoms with Crippen LogP contribution in [-0.2, 0) is 32.7 Å². The molecule has 0 radical (unpaired) electrons. The Morgan fingerprint density at radius 2 is 0.694 bits per heavy atom. The second-order valence-electron chi connectivity index (χ2n) is 18.5. The van der Waals surface area contributed by atoms with Gasteiger partial charge in [-0.1, -0.05) is 264 Å². The first kappa shape index (κ1) is 61.0. The van der Waals surface area contributed by atoms with E-state index in [1.54, 1.807) is 0 Å². The van der Waals surface area contributed by atoms with E-state index < -0.39 is 26.5 Å². The molecule has 0 aromatic heterocycles. The van der Waals surface area contributed by atoms with Crippen LogP contribution in [0.5, 0.6) is 0 Å². The molecule has 3 N–H and O–H groups in total. The van der Waals surface area contributed by atoms with E-state index in [-0.39, 0.29) is 38.6 Å². The number of nitrogens with two attached hydrogens (primary N) is 1. The van der Waals surface area contributed by atoms with Crippen LogP contribution in [0.4, 0.5) is 0 Å². The van der Waals surface area contributed by atoms with E-state index >= 15 is 0 Å². The molecule has 0 aliphatic heterocycles. The third kappa shape index (κ3) is 48.5. The fourth-order valence-electron chi connectivity index (χ4n) is 8.23. The van der Waals surface area contributed by atoms with Crippen molar-refractivity contribution in [3.05, 3.63) is 0 Å². The molecule has 0 aromatic carbocycles. The lowest BCUT2D eigenvalue weighted by Crippen LogP contribution is -2.29. The Kier molecular flexibility index (Phi) is 48.7. The molecule has 62 heavy (non-hydrogen) atoms. The summed E-state index contributed by atoms with van der Waals surface area (Å²) in [6.07, 6.45) is 53.2. The summed E-state index contributed by atoms with van der Waals surface area (Å²) in [5, 5.41) is 0. The van der Waals surface area contributed by atoms with Crippen LogP contribution in [0.3, 0.4) is 0 Å². The third-order valence-corrected chi connectivity index (χ3v) is 13.2. The van der Waals surface area contributed by atoms with Gasteiger partial charge in [-0.25, -0.2) is 4.57 Å². The molecule has 370 valence electrons. The van der Waals surface area contributed by atoms with Crippen LogP contribution < -0.4 is 5.73 Å². The largest absolute Gasteiger partial charge is 0.472 e. The summed E-state index contributed by atoms with van der Waals surface area (Å²) < 4.78 is 32.9. The lowest BCUT2D eigenvalue weighted by molar-refractivity contribution is -0.161. The summed E-state index contributed by atoms with van der Waals surface area (Å²) in [6, 6.07) is 0. The molecule has 0 bridgehead atoms. The first-order valence-electron chi connectivity index (χ1n) is 27.0. The van der Waals surface area contributed by atoms with Crippen LogP contribution in [0.15, 0.2) is 0 Å². The van der Waals surface area contributed by atoms with Crippen LogP contribution in [-0.4, -0.2) is 49.3 Å². The van der Waals surface area contributed by atoms with Gasteiger partial charge < -0.3 is 20.1 Å². The molecule has 10 heteroatoms. The fraction of sp³-hybridized carbons (Fsp3) is 0.962. The minimum Gasteiger partial charge on any atom is -0.462 e. The molecule has 0 fully saturated rings. The van der Waals surface area contributed by atoms with Gasteiger partial charge >= 0.3 is 19.8 Å². The number of ether oxygens (including phenoxy) is 2. The van der Waals surface area contributed by atoms with E-state index in [4.69, 9.17) is 24.3 Å². The maximum atomic E-state index is 12.6. The van der Waals surface area contributed by atoms with Crippen LogP contribution in [0.25, 0.3) is 0 Å². The van der Waals surface area contributed by atoms with Crippen molar-refractivity contribution >= 4 is 19.8 Å². The van der Waals surface area contributed by atoms with Gasteiger partial charge in [0, 0.05) is 19.4 Å². The zero-order chi connectivity index (χ0) is 45.3. The maximum Gasteiger partial charge on any atom is 0.472 e. The lowest BCUT2D eigenvalue weighted by Gasteiger charge is -2.19. The molecule has 0 heterocycles. The molecule has 0 aliphatic rings. The van der Waals surface area contributed by atoms with Gasteiger partial charge in [0.2, 0.25) is 0 Å². The Balaban J connectivity index is 3.81. The zero-order valence-corrected chi connectivity index (χ0v) is 42.0. The highest BCUT2D eigenvalue weighted by Crippen LogP contribution is 2.43. The van der Waals surface area contributed by atoms with Crippen LogP contribution in [0.2, 0.25) is 0 Å². The van der Waals surface area contributed by atoms with Crippen molar-refractivity contribution in [2.45, 2.75) is 296 Å². The molecular weight excluding hydrogens is 798 g/mol. The summed E-state index contributed by atoms with van der Waals surface area (Å²) in [7, 11) is -4.37. The van der Waals surface area contributed by atoms with Gasteiger partial charge in [-0.2, -0.15) is 0 Å². The second-order valence-corrected chi connectivity index (χ2v) is 19.9. The van der Waals surface area contributed by atoms with Gasteiger partial charge in [0.15, 0.2) is 6.10 Å². The average molecular weight is 902 g/mol. The Hall–Kier alpha value is -0.990. The Labute approximate surface area is 384 Å². The van der Waals surface area contributed by atoms with Crippen LogP contribution in [0.1, 0.15) is 290 Å². The topological polar surface area (TPSA) is 134 Å². The monoisotopic (exact) mass is 902 g/mol. The van der Waals surface area contributed by atoms with Crippen LogP contribution >= 0.6 is 7.82 Å². The SMILES string of the molecule is CCCCCCCCCCCCCCCCCCCCCCCCCCCCCCCCC(=O)OC(COC(=O)CCCCCCCCCCCCC)COP(=O)(O)OCCN. The van der Waals surface area contributed by atoms with E-state index in [1.165, 1.54) is 225 Å². The smallest absolute Gasteiger partial charge is 0.462 e. The fourth-order valence-corrected chi connectivity index (χ4v) is 8.99. The van der Waals surface area contributed by atoms with E-state index in [0.29, 0.717) is 6.42 Å². The summed E-state index contributed by atoms with van der Waals surface area (Å²) in [6.45, 7) is 3.78. The van der Waals surface area contributed by atoms with Crippen LogP contribution in [0, 0.1) is 0 Å². The summed E-state index contributed by atoms with van der Waals surface area (Å²) >= 11 is 0. The second kappa shape index (κ2) is 49.4. The summed E-state index contributed by atoms with van der Waals surface area (Å²) in [4.78, 5) is 34.9. The van der Waals surface area contributed by atoms with Gasteiger partial charge in [-0.05, 0) is 12.8 Å². The number of esters is 2. The van der Waals surface area contributed by atoms with Gasteiger partial charge in [-0.15, -0.1) is 0 Å². The first-order valence-corrected chi connectivity index (χ1v) is 28.5. The first-order chi connectivity index (χ1) is 30.3. The average Bonchev–Trinajstić information content (AvgIpc) is 3.26. The highest BCUT2D eigenvalue weighted by Gasteiger charge is 2.26.